The number of esters is 1. The monoisotopic (exact) mass is 468 g/mol. The molecule has 0 aliphatic carbocycles. The van der Waals surface area contributed by atoms with E-state index in [0.717, 1.165) is 10.1 Å². The molecule has 0 fully saturated rings. The van der Waals surface area contributed by atoms with Crippen LogP contribution in [0.3, 0.4) is 0 Å². The first kappa shape index (κ1) is 21.1. The van der Waals surface area contributed by atoms with Crippen LogP contribution >= 0.6 is 34.5 Å². The molecule has 0 radical (unpaired) electrons. The minimum absolute atomic E-state index is 0.339. The van der Waals surface area contributed by atoms with Gasteiger partial charge in [0, 0.05) is 20.7 Å². The number of fused-ring (bicyclic) bond motifs is 1. The summed E-state index contributed by atoms with van der Waals surface area (Å²) in [7, 11) is 0. The Morgan fingerprint density at radius 3 is 2.52 bits per heavy atom. The Kier molecular flexibility index (Phi) is 6.32. The lowest BCUT2D eigenvalue weighted by Crippen LogP contribution is -2.17. The van der Waals surface area contributed by atoms with Gasteiger partial charge in [0.05, 0.1) is 11.2 Å². The van der Waals surface area contributed by atoms with Crippen LogP contribution in [0.5, 0.6) is 5.75 Å². The van der Waals surface area contributed by atoms with Gasteiger partial charge in [0.15, 0.2) is 0 Å². The average Bonchev–Trinajstić information content (AvgIpc) is 3.11. The Bertz CT molecular complexity index is 1300. The van der Waals surface area contributed by atoms with Crippen LogP contribution in [0, 0.1) is 0 Å². The highest BCUT2D eigenvalue weighted by Gasteiger charge is 2.19. The summed E-state index contributed by atoms with van der Waals surface area (Å²) < 4.78 is 6.40. The molecule has 154 valence electrons. The number of benzene rings is 3. The van der Waals surface area contributed by atoms with Crippen LogP contribution < -0.4 is 10.2 Å². The van der Waals surface area contributed by atoms with Crippen LogP contribution in [-0.4, -0.2) is 18.1 Å². The van der Waals surface area contributed by atoms with Gasteiger partial charge in [-0.2, -0.15) is 5.10 Å². The Morgan fingerprint density at radius 2 is 1.74 bits per heavy atom. The van der Waals surface area contributed by atoms with Crippen molar-refractivity contribution in [2.24, 2.45) is 5.10 Å². The number of thiophene rings is 1. The van der Waals surface area contributed by atoms with Gasteiger partial charge in [-0.1, -0.05) is 53.5 Å². The SMILES string of the molecule is O=C(N/N=C/c1cccc(OC(=O)c2sc3ccccc3c2Cl)c1)c1ccc(Cl)cc1. The van der Waals surface area contributed by atoms with Crippen molar-refractivity contribution in [1.82, 2.24) is 5.43 Å². The third-order valence-corrected chi connectivity index (χ3v) is 6.18. The number of ether oxygens (including phenoxy) is 1. The molecule has 0 unspecified atom stereocenters. The first-order valence-corrected chi connectivity index (χ1v) is 10.7. The van der Waals surface area contributed by atoms with E-state index >= 15 is 0 Å². The molecule has 0 aliphatic rings. The fourth-order valence-electron chi connectivity index (χ4n) is 2.79. The van der Waals surface area contributed by atoms with Gasteiger partial charge in [-0.3, -0.25) is 4.79 Å². The standard InChI is InChI=1S/C23H14Cl2N2O3S/c24-16-10-8-15(9-11-16)22(28)27-26-13-14-4-3-5-17(12-14)30-23(29)21-20(25)18-6-1-2-7-19(18)31-21/h1-13H,(H,27,28)/b26-13+. The van der Waals surface area contributed by atoms with E-state index in [1.807, 2.05) is 24.3 Å². The van der Waals surface area contributed by atoms with Crippen LogP contribution in [0.15, 0.2) is 77.9 Å². The molecule has 3 aromatic carbocycles. The largest absolute Gasteiger partial charge is 0.422 e. The zero-order chi connectivity index (χ0) is 21.8. The van der Waals surface area contributed by atoms with E-state index in [1.165, 1.54) is 17.6 Å². The second-order valence-corrected chi connectivity index (χ2v) is 8.28. The molecule has 4 aromatic rings. The number of carbonyl (C=O) groups excluding carboxylic acids is 2. The van der Waals surface area contributed by atoms with E-state index < -0.39 is 5.97 Å². The van der Waals surface area contributed by atoms with E-state index in [0.29, 0.717) is 31.8 Å². The zero-order valence-electron chi connectivity index (χ0n) is 15.8. The number of amides is 1. The fourth-order valence-corrected chi connectivity index (χ4v) is 4.30. The summed E-state index contributed by atoms with van der Waals surface area (Å²) in [6.45, 7) is 0. The van der Waals surface area contributed by atoms with Crippen molar-refractivity contribution in [3.8, 4) is 5.75 Å². The van der Waals surface area contributed by atoms with E-state index in [9.17, 15) is 9.59 Å². The number of rotatable bonds is 5. The number of hydrogen-bond donors (Lipinski definition) is 1. The number of carbonyl (C=O) groups is 2. The van der Waals surface area contributed by atoms with Crippen LogP contribution in [0.1, 0.15) is 25.6 Å². The normalized spacial score (nSPS) is 11.0. The highest BCUT2D eigenvalue weighted by Crippen LogP contribution is 2.35. The lowest BCUT2D eigenvalue weighted by molar-refractivity contribution is 0.0740. The summed E-state index contributed by atoms with van der Waals surface area (Å²) in [6, 6.07) is 20.8. The molecule has 0 saturated carbocycles. The molecule has 1 N–H and O–H groups in total. The van der Waals surface area contributed by atoms with Crippen molar-refractivity contribution in [3.63, 3.8) is 0 Å². The molecule has 0 spiro atoms. The molecular weight excluding hydrogens is 455 g/mol. The Labute approximate surface area is 191 Å². The average molecular weight is 469 g/mol. The van der Waals surface area contributed by atoms with Gasteiger partial charge in [0.2, 0.25) is 0 Å². The minimum Gasteiger partial charge on any atom is -0.422 e. The van der Waals surface area contributed by atoms with Crippen LogP contribution in [0.4, 0.5) is 0 Å². The summed E-state index contributed by atoms with van der Waals surface area (Å²) >= 11 is 13.4. The van der Waals surface area contributed by atoms with E-state index in [4.69, 9.17) is 27.9 Å². The van der Waals surface area contributed by atoms with Crippen molar-refractivity contribution < 1.29 is 14.3 Å². The van der Waals surface area contributed by atoms with Gasteiger partial charge in [0.25, 0.3) is 5.91 Å². The molecule has 1 heterocycles. The van der Waals surface area contributed by atoms with Crippen LogP contribution in [0.25, 0.3) is 10.1 Å². The molecule has 0 bridgehead atoms. The maximum Gasteiger partial charge on any atom is 0.355 e. The Morgan fingerprint density at radius 1 is 0.968 bits per heavy atom. The van der Waals surface area contributed by atoms with Gasteiger partial charge < -0.3 is 4.74 Å². The minimum atomic E-state index is -0.531. The second-order valence-electron chi connectivity index (χ2n) is 6.41. The molecule has 5 nitrogen and oxygen atoms in total. The number of halogens is 2. The van der Waals surface area contributed by atoms with Crippen molar-refractivity contribution >= 4 is 62.7 Å². The fraction of sp³-hybridized carbons (Fsp3) is 0. The smallest absolute Gasteiger partial charge is 0.355 e. The third kappa shape index (κ3) is 4.94. The predicted octanol–water partition coefficient (Wildman–Crippen LogP) is 6.19. The summed E-state index contributed by atoms with van der Waals surface area (Å²) in [5.41, 5.74) is 3.52. The van der Waals surface area contributed by atoms with Crippen molar-refractivity contribution in [2.75, 3.05) is 0 Å². The first-order chi connectivity index (χ1) is 15.0. The van der Waals surface area contributed by atoms with Gasteiger partial charge in [0.1, 0.15) is 10.6 Å². The summed E-state index contributed by atoms with van der Waals surface area (Å²) in [5, 5.41) is 5.69. The summed E-state index contributed by atoms with van der Waals surface area (Å²) in [4.78, 5) is 25.0. The quantitative estimate of drug-likeness (QED) is 0.164. The van der Waals surface area contributed by atoms with Gasteiger partial charge in [-0.15, -0.1) is 11.3 Å². The molecule has 1 amide bonds. The number of hydrogen-bond acceptors (Lipinski definition) is 5. The molecular formula is C23H14Cl2N2O3S. The summed E-state index contributed by atoms with van der Waals surface area (Å²) in [5.74, 6) is -0.558. The van der Waals surface area contributed by atoms with E-state index in [1.54, 1.807) is 48.5 Å². The molecule has 0 aliphatic heterocycles. The van der Waals surface area contributed by atoms with Crippen LogP contribution in [-0.2, 0) is 0 Å². The molecule has 8 heteroatoms. The lowest BCUT2D eigenvalue weighted by Gasteiger charge is -2.04. The molecule has 0 atom stereocenters. The predicted molar refractivity (Wildman–Crippen MR) is 125 cm³/mol. The molecule has 4 rings (SSSR count). The van der Waals surface area contributed by atoms with Crippen LogP contribution in [0.2, 0.25) is 10.0 Å². The maximum atomic E-state index is 12.6. The third-order valence-electron chi connectivity index (χ3n) is 4.28. The first-order valence-electron chi connectivity index (χ1n) is 9.09. The van der Waals surface area contributed by atoms with E-state index in [-0.39, 0.29) is 5.91 Å². The van der Waals surface area contributed by atoms with Crippen molar-refractivity contribution in [1.29, 1.82) is 0 Å². The maximum absolute atomic E-state index is 12.6. The van der Waals surface area contributed by atoms with E-state index in [2.05, 4.69) is 10.5 Å². The number of hydrazone groups is 1. The van der Waals surface area contributed by atoms with Crippen molar-refractivity contribution in [3.05, 3.63) is 98.8 Å². The molecule has 31 heavy (non-hydrogen) atoms. The Hall–Kier alpha value is -3.19. The van der Waals surface area contributed by atoms with Crippen molar-refractivity contribution in [2.45, 2.75) is 0 Å². The second kappa shape index (κ2) is 9.31. The highest BCUT2D eigenvalue weighted by molar-refractivity contribution is 7.21. The van der Waals surface area contributed by atoms with Gasteiger partial charge in [-0.05, 0) is 48.0 Å². The number of nitrogens with one attached hydrogen (secondary N) is 1. The van der Waals surface area contributed by atoms with Gasteiger partial charge in [-0.25, -0.2) is 10.2 Å². The highest BCUT2D eigenvalue weighted by atomic mass is 35.5. The Balaban J connectivity index is 1.43. The molecule has 1 aromatic heterocycles. The van der Waals surface area contributed by atoms with Gasteiger partial charge >= 0.3 is 5.97 Å². The zero-order valence-corrected chi connectivity index (χ0v) is 18.2. The lowest BCUT2D eigenvalue weighted by atomic mass is 10.2. The number of nitrogens with zero attached hydrogens (tertiary/aromatic N) is 1. The summed E-state index contributed by atoms with van der Waals surface area (Å²) in [6.07, 6.45) is 1.46. The molecule has 0 saturated heterocycles. The topological polar surface area (TPSA) is 67.8 Å².